The van der Waals surface area contributed by atoms with Gasteiger partial charge in [-0.05, 0) is 36.3 Å². The number of carbonyl (C=O) groups is 1. The fraction of sp³-hybridized carbons (Fsp3) is 0.333. The second-order valence-electron chi connectivity index (χ2n) is 5.13. The highest BCUT2D eigenvalue weighted by Crippen LogP contribution is 2.12. The molecule has 0 saturated heterocycles. The van der Waals surface area contributed by atoms with Gasteiger partial charge < -0.3 is 5.32 Å². The van der Waals surface area contributed by atoms with E-state index in [1.165, 1.54) is 5.56 Å². The Morgan fingerprint density at radius 2 is 1.73 bits per heavy atom. The van der Waals surface area contributed by atoms with Crippen LogP contribution in [-0.2, 0) is 13.1 Å². The van der Waals surface area contributed by atoms with Gasteiger partial charge in [-0.1, -0.05) is 44.2 Å². The molecule has 4 nitrogen and oxygen atoms in total. The van der Waals surface area contributed by atoms with E-state index in [1.807, 2.05) is 18.2 Å². The standard InChI is InChI=1S/C18H23N3O/c1-3-21(4-2)14-16-10-6-5-9-15(16)13-20-18(22)17-11-7-8-12-19-17/h5-12H,3-4,13-14H2,1-2H3,(H,20,22). The van der Waals surface area contributed by atoms with E-state index < -0.39 is 0 Å². The van der Waals surface area contributed by atoms with Crippen molar-refractivity contribution in [3.05, 3.63) is 65.5 Å². The first-order valence-electron chi connectivity index (χ1n) is 7.73. The number of benzene rings is 1. The second-order valence-corrected chi connectivity index (χ2v) is 5.13. The fourth-order valence-electron chi connectivity index (χ4n) is 2.34. The van der Waals surface area contributed by atoms with Gasteiger partial charge >= 0.3 is 0 Å². The van der Waals surface area contributed by atoms with Crippen molar-refractivity contribution in [2.75, 3.05) is 13.1 Å². The first kappa shape index (κ1) is 16.2. The number of aromatic nitrogens is 1. The van der Waals surface area contributed by atoms with Gasteiger partial charge in [0.05, 0.1) is 0 Å². The number of nitrogens with zero attached hydrogens (tertiary/aromatic N) is 2. The minimum Gasteiger partial charge on any atom is -0.347 e. The van der Waals surface area contributed by atoms with Crippen LogP contribution in [-0.4, -0.2) is 28.9 Å². The van der Waals surface area contributed by atoms with Crippen molar-refractivity contribution in [2.45, 2.75) is 26.9 Å². The largest absolute Gasteiger partial charge is 0.347 e. The summed E-state index contributed by atoms with van der Waals surface area (Å²) in [6, 6.07) is 13.6. The van der Waals surface area contributed by atoms with Gasteiger partial charge in [0.25, 0.3) is 5.91 Å². The molecule has 116 valence electrons. The van der Waals surface area contributed by atoms with Crippen LogP contribution in [0.5, 0.6) is 0 Å². The minimum absolute atomic E-state index is 0.141. The van der Waals surface area contributed by atoms with Crippen molar-refractivity contribution in [3.63, 3.8) is 0 Å². The van der Waals surface area contributed by atoms with Gasteiger partial charge in [-0.15, -0.1) is 0 Å². The van der Waals surface area contributed by atoms with Gasteiger partial charge in [0.15, 0.2) is 0 Å². The average molecular weight is 297 g/mol. The van der Waals surface area contributed by atoms with Crippen molar-refractivity contribution in [1.29, 1.82) is 0 Å². The molecule has 0 radical (unpaired) electrons. The van der Waals surface area contributed by atoms with Crippen molar-refractivity contribution in [2.24, 2.45) is 0 Å². The Balaban J connectivity index is 2.02. The molecule has 0 aliphatic carbocycles. The lowest BCUT2D eigenvalue weighted by molar-refractivity contribution is 0.0946. The summed E-state index contributed by atoms with van der Waals surface area (Å²) in [6.07, 6.45) is 1.63. The average Bonchev–Trinajstić information content (AvgIpc) is 2.59. The molecule has 0 bridgehead atoms. The van der Waals surface area contributed by atoms with E-state index in [4.69, 9.17) is 0 Å². The number of rotatable bonds is 7. The highest BCUT2D eigenvalue weighted by Gasteiger charge is 2.09. The van der Waals surface area contributed by atoms with Crippen molar-refractivity contribution < 1.29 is 4.79 Å². The lowest BCUT2D eigenvalue weighted by atomic mass is 10.1. The fourth-order valence-corrected chi connectivity index (χ4v) is 2.34. The van der Waals surface area contributed by atoms with Crippen molar-refractivity contribution in [1.82, 2.24) is 15.2 Å². The normalized spacial score (nSPS) is 10.7. The Hall–Kier alpha value is -2.20. The van der Waals surface area contributed by atoms with Crippen LogP contribution in [0.25, 0.3) is 0 Å². The molecule has 0 saturated carbocycles. The van der Waals surface area contributed by atoms with E-state index in [0.717, 1.165) is 25.2 Å². The van der Waals surface area contributed by atoms with Crippen molar-refractivity contribution in [3.8, 4) is 0 Å². The van der Waals surface area contributed by atoms with Gasteiger partial charge in [0.2, 0.25) is 0 Å². The van der Waals surface area contributed by atoms with Crippen LogP contribution in [0.1, 0.15) is 35.5 Å². The smallest absolute Gasteiger partial charge is 0.270 e. The number of pyridine rings is 1. The lowest BCUT2D eigenvalue weighted by Crippen LogP contribution is -2.26. The van der Waals surface area contributed by atoms with Crippen LogP contribution in [0.15, 0.2) is 48.7 Å². The van der Waals surface area contributed by atoms with Gasteiger partial charge in [0, 0.05) is 19.3 Å². The Morgan fingerprint density at radius 3 is 2.36 bits per heavy atom. The molecule has 0 atom stereocenters. The van der Waals surface area contributed by atoms with Crippen LogP contribution in [0.4, 0.5) is 0 Å². The number of amides is 1. The number of nitrogens with one attached hydrogen (secondary N) is 1. The summed E-state index contributed by atoms with van der Waals surface area (Å²) >= 11 is 0. The van der Waals surface area contributed by atoms with Gasteiger partial charge in [0.1, 0.15) is 5.69 Å². The summed E-state index contributed by atoms with van der Waals surface area (Å²) in [5.41, 5.74) is 2.86. The van der Waals surface area contributed by atoms with Crippen LogP contribution < -0.4 is 5.32 Å². The van der Waals surface area contributed by atoms with E-state index >= 15 is 0 Å². The molecule has 0 fully saturated rings. The summed E-state index contributed by atoms with van der Waals surface area (Å²) in [4.78, 5) is 18.5. The maximum Gasteiger partial charge on any atom is 0.270 e. The summed E-state index contributed by atoms with van der Waals surface area (Å²) in [7, 11) is 0. The number of carbonyl (C=O) groups excluding carboxylic acids is 1. The molecular formula is C18H23N3O. The third-order valence-electron chi connectivity index (χ3n) is 3.74. The minimum atomic E-state index is -0.141. The second kappa shape index (κ2) is 8.29. The molecule has 0 aliphatic heterocycles. The molecule has 1 aromatic carbocycles. The summed E-state index contributed by atoms with van der Waals surface area (Å²) < 4.78 is 0. The molecule has 0 unspecified atom stereocenters. The SMILES string of the molecule is CCN(CC)Cc1ccccc1CNC(=O)c1ccccn1. The molecular weight excluding hydrogens is 274 g/mol. The highest BCUT2D eigenvalue weighted by atomic mass is 16.1. The molecule has 4 heteroatoms. The zero-order chi connectivity index (χ0) is 15.8. The predicted molar refractivity (Wildman–Crippen MR) is 88.5 cm³/mol. The number of hydrogen-bond donors (Lipinski definition) is 1. The Bertz CT molecular complexity index is 594. The summed E-state index contributed by atoms with van der Waals surface area (Å²) in [5, 5.41) is 2.94. The molecule has 1 N–H and O–H groups in total. The molecule has 1 aromatic heterocycles. The van der Waals surface area contributed by atoms with Gasteiger partial charge in [-0.25, -0.2) is 0 Å². The topological polar surface area (TPSA) is 45.2 Å². The Labute approximate surface area is 132 Å². The van der Waals surface area contributed by atoms with E-state index in [-0.39, 0.29) is 5.91 Å². The van der Waals surface area contributed by atoms with E-state index in [0.29, 0.717) is 12.2 Å². The van der Waals surface area contributed by atoms with E-state index in [2.05, 4.69) is 41.2 Å². The maximum absolute atomic E-state index is 12.1. The maximum atomic E-state index is 12.1. The summed E-state index contributed by atoms with van der Waals surface area (Å²) in [6.45, 7) is 7.79. The first-order valence-corrected chi connectivity index (χ1v) is 7.73. The molecule has 0 spiro atoms. The molecule has 22 heavy (non-hydrogen) atoms. The van der Waals surface area contributed by atoms with E-state index in [9.17, 15) is 4.79 Å². The first-order chi connectivity index (χ1) is 10.7. The highest BCUT2D eigenvalue weighted by molar-refractivity contribution is 5.92. The predicted octanol–water partition coefficient (Wildman–Crippen LogP) is 2.85. The van der Waals surface area contributed by atoms with Crippen LogP contribution in [0, 0.1) is 0 Å². The molecule has 1 amide bonds. The van der Waals surface area contributed by atoms with Crippen LogP contribution >= 0.6 is 0 Å². The van der Waals surface area contributed by atoms with Crippen LogP contribution in [0.3, 0.4) is 0 Å². The van der Waals surface area contributed by atoms with Gasteiger partial charge in [-0.3, -0.25) is 14.7 Å². The zero-order valence-electron chi connectivity index (χ0n) is 13.2. The molecule has 1 heterocycles. The number of hydrogen-bond acceptors (Lipinski definition) is 3. The molecule has 2 rings (SSSR count). The Kier molecular flexibility index (Phi) is 6.10. The summed E-state index contributed by atoms with van der Waals surface area (Å²) in [5.74, 6) is -0.141. The van der Waals surface area contributed by atoms with Crippen LogP contribution in [0.2, 0.25) is 0 Å². The quantitative estimate of drug-likeness (QED) is 0.854. The molecule has 0 aliphatic rings. The zero-order valence-corrected chi connectivity index (χ0v) is 13.2. The lowest BCUT2D eigenvalue weighted by Gasteiger charge is -2.20. The monoisotopic (exact) mass is 297 g/mol. The third-order valence-corrected chi connectivity index (χ3v) is 3.74. The van der Waals surface area contributed by atoms with Gasteiger partial charge in [-0.2, -0.15) is 0 Å². The van der Waals surface area contributed by atoms with Crippen molar-refractivity contribution >= 4 is 5.91 Å². The molecule has 2 aromatic rings. The Morgan fingerprint density at radius 1 is 1.05 bits per heavy atom. The third kappa shape index (κ3) is 4.40. The van der Waals surface area contributed by atoms with E-state index in [1.54, 1.807) is 18.3 Å².